The predicted octanol–water partition coefficient (Wildman–Crippen LogP) is 1.41. The van der Waals surface area contributed by atoms with Gasteiger partial charge in [0.2, 0.25) is 0 Å². The lowest BCUT2D eigenvalue weighted by atomic mass is 10.2. The molecule has 1 heterocycles. The third-order valence-electron chi connectivity index (χ3n) is 3.47. The molecule has 0 atom stereocenters. The topological polar surface area (TPSA) is 24.5 Å². The molecule has 0 radical (unpaired) electrons. The monoisotopic (exact) mass is 224 g/mol. The SMILES string of the molecule is C1=C(CCNCCN2CCOCC2)CCC1. The Hall–Kier alpha value is -0.380. The maximum atomic E-state index is 5.33. The number of nitrogens with one attached hydrogen (secondary N) is 1. The summed E-state index contributed by atoms with van der Waals surface area (Å²) < 4.78 is 5.33. The minimum absolute atomic E-state index is 0.910. The first kappa shape index (κ1) is 12.1. The Kier molecular flexibility index (Phi) is 5.32. The van der Waals surface area contributed by atoms with Gasteiger partial charge in [-0.2, -0.15) is 0 Å². The molecule has 3 heteroatoms. The van der Waals surface area contributed by atoms with Crippen LogP contribution < -0.4 is 5.32 Å². The quantitative estimate of drug-likeness (QED) is 0.545. The Labute approximate surface area is 98.8 Å². The third-order valence-corrected chi connectivity index (χ3v) is 3.47. The number of hydrogen-bond acceptors (Lipinski definition) is 3. The normalized spacial score (nSPS) is 22.4. The Balaban J connectivity index is 1.45. The summed E-state index contributed by atoms with van der Waals surface area (Å²) in [5, 5.41) is 3.54. The van der Waals surface area contributed by atoms with Crippen LogP contribution in [0, 0.1) is 0 Å². The zero-order valence-corrected chi connectivity index (χ0v) is 10.2. The highest BCUT2D eigenvalue weighted by Gasteiger charge is 2.09. The molecule has 2 aliphatic rings. The van der Waals surface area contributed by atoms with Crippen LogP contribution in [-0.2, 0) is 4.74 Å². The van der Waals surface area contributed by atoms with Crippen LogP contribution in [0.4, 0.5) is 0 Å². The van der Waals surface area contributed by atoms with E-state index in [0.717, 1.165) is 39.4 Å². The summed E-state index contributed by atoms with van der Waals surface area (Å²) in [5.74, 6) is 0. The second kappa shape index (κ2) is 7.05. The van der Waals surface area contributed by atoms with Gasteiger partial charge in [0.25, 0.3) is 0 Å². The first-order chi connectivity index (χ1) is 7.95. The molecule has 0 unspecified atom stereocenters. The molecule has 1 saturated heterocycles. The van der Waals surface area contributed by atoms with E-state index < -0.39 is 0 Å². The first-order valence-electron chi connectivity index (χ1n) is 6.64. The van der Waals surface area contributed by atoms with E-state index in [1.165, 1.54) is 32.2 Å². The van der Waals surface area contributed by atoms with Crippen molar-refractivity contribution in [2.75, 3.05) is 45.9 Å². The molecule has 0 amide bonds. The maximum absolute atomic E-state index is 5.33. The highest BCUT2D eigenvalue weighted by molar-refractivity contribution is 5.07. The van der Waals surface area contributed by atoms with Crippen LogP contribution in [-0.4, -0.2) is 50.8 Å². The molecule has 1 aliphatic carbocycles. The molecule has 0 aromatic rings. The molecule has 1 aliphatic heterocycles. The predicted molar refractivity (Wildman–Crippen MR) is 66.7 cm³/mol. The molecule has 2 rings (SSSR count). The van der Waals surface area contributed by atoms with Crippen molar-refractivity contribution >= 4 is 0 Å². The summed E-state index contributed by atoms with van der Waals surface area (Å²) in [6.45, 7) is 7.46. The average molecular weight is 224 g/mol. The van der Waals surface area contributed by atoms with Gasteiger partial charge in [0, 0.05) is 26.2 Å². The van der Waals surface area contributed by atoms with Crippen LogP contribution in [0.3, 0.4) is 0 Å². The fourth-order valence-corrected chi connectivity index (χ4v) is 2.40. The minimum Gasteiger partial charge on any atom is -0.379 e. The van der Waals surface area contributed by atoms with Gasteiger partial charge in [0.15, 0.2) is 0 Å². The molecule has 16 heavy (non-hydrogen) atoms. The van der Waals surface area contributed by atoms with Gasteiger partial charge < -0.3 is 10.1 Å². The Bertz CT molecular complexity index is 222. The number of nitrogens with zero attached hydrogens (tertiary/aromatic N) is 1. The number of morpholine rings is 1. The van der Waals surface area contributed by atoms with Crippen LogP contribution >= 0.6 is 0 Å². The molecule has 0 bridgehead atoms. The molecule has 1 N–H and O–H groups in total. The Morgan fingerprint density at radius 1 is 1.25 bits per heavy atom. The number of hydrogen-bond donors (Lipinski definition) is 1. The van der Waals surface area contributed by atoms with Gasteiger partial charge in [-0.3, -0.25) is 4.90 Å². The second-order valence-electron chi connectivity index (χ2n) is 4.71. The van der Waals surface area contributed by atoms with E-state index in [0.29, 0.717) is 0 Å². The van der Waals surface area contributed by atoms with Gasteiger partial charge in [-0.15, -0.1) is 0 Å². The summed E-state index contributed by atoms with van der Waals surface area (Å²) >= 11 is 0. The van der Waals surface area contributed by atoms with Crippen molar-refractivity contribution in [3.05, 3.63) is 11.6 Å². The highest BCUT2D eigenvalue weighted by Crippen LogP contribution is 2.19. The standard InChI is InChI=1S/C13H24N2O/c1-2-4-13(3-1)5-6-14-7-8-15-9-11-16-12-10-15/h3,14H,1-2,4-12H2. The fourth-order valence-electron chi connectivity index (χ4n) is 2.40. The first-order valence-corrected chi connectivity index (χ1v) is 6.64. The zero-order chi connectivity index (χ0) is 11.1. The second-order valence-corrected chi connectivity index (χ2v) is 4.71. The lowest BCUT2D eigenvalue weighted by Crippen LogP contribution is -2.40. The van der Waals surface area contributed by atoms with Gasteiger partial charge in [-0.05, 0) is 32.2 Å². The van der Waals surface area contributed by atoms with Gasteiger partial charge >= 0.3 is 0 Å². The van der Waals surface area contributed by atoms with Crippen molar-refractivity contribution in [2.45, 2.75) is 25.7 Å². The molecule has 1 fully saturated rings. The largest absolute Gasteiger partial charge is 0.379 e. The lowest BCUT2D eigenvalue weighted by Gasteiger charge is -2.26. The van der Waals surface area contributed by atoms with Crippen LogP contribution in [0.5, 0.6) is 0 Å². The van der Waals surface area contributed by atoms with Crippen molar-refractivity contribution in [1.82, 2.24) is 10.2 Å². The van der Waals surface area contributed by atoms with Crippen LogP contribution in [0.1, 0.15) is 25.7 Å². The van der Waals surface area contributed by atoms with Crippen LogP contribution in [0.25, 0.3) is 0 Å². The van der Waals surface area contributed by atoms with Crippen molar-refractivity contribution < 1.29 is 4.74 Å². The van der Waals surface area contributed by atoms with Crippen molar-refractivity contribution in [3.63, 3.8) is 0 Å². The van der Waals surface area contributed by atoms with Crippen LogP contribution in [0.15, 0.2) is 11.6 Å². The molecule has 3 nitrogen and oxygen atoms in total. The number of ether oxygens (including phenoxy) is 1. The van der Waals surface area contributed by atoms with Crippen molar-refractivity contribution in [3.8, 4) is 0 Å². The lowest BCUT2D eigenvalue weighted by molar-refractivity contribution is 0.0385. The molecule has 0 aromatic carbocycles. The maximum Gasteiger partial charge on any atom is 0.0594 e. The number of allylic oxidation sites excluding steroid dienone is 1. The van der Waals surface area contributed by atoms with Crippen molar-refractivity contribution in [2.24, 2.45) is 0 Å². The highest BCUT2D eigenvalue weighted by atomic mass is 16.5. The molecule has 0 aromatic heterocycles. The third kappa shape index (κ3) is 4.24. The average Bonchev–Trinajstić information content (AvgIpc) is 2.83. The Morgan fingerprint density at radius 2 is 2.12 bits per heavy atom. The molecular weight excluding hydrogens is 200 g/mol. The Morgan fingerprint density at radius 3 is 2.88 bits per heavy atom. The summed E-state index contributed by atoms with van der Waals surface area (Å²) in [5.41, 5.74) is 1.67. The molecular formula is C13H24N2O. The van der Waals surface area contributed by atoms with Crippen molar-refractivity contribution in [1.29, 1.82) is 0 Å². The van der Waals surface area contributed by atoms with E-state index >= 15 is 0 Å². The van der Waals surface area contributed by atoms with Gasteiger partial charge in [0.05, 0.1) is 13.2 Å². The van der Waals surface area contributed by atoms with Crippen LogP contribution in [0.2, 0.25) is 0 Å². The van der Waals surface area contributed by atoms with E-state index in [1.807, 2.05) is 0 Å². The summed E-state index contributed by atoms with van der Waals surface area (Å²) in [4.78, 5) is 2.48. The fraction of sp³-hybridized carbons (Fsp3) is 0.846. The van der Waals surface area contributed by atoms with E-state index in [4.69, 9.17) is 4.74 Å². The minimum atomic E-state index is 0.910. The van der Waals surface area contributed by atoms with E-state index in [9.17, 15) is 0 Å². The molecule has 0 spiro atoms. The molecule has 0 saturated carbocycles. The van der Waals surface area contributed by atoms with Gasteiger partial charge in [-0.1, -0.05) is 11.6 Å². The van der Waals surface area contributed by atoms with E-state index in [1.54, 1.807) is 5.57 Å². The molecule has 92 valence electrons. The number of rotatable bonds is 6. The van der Waals surface area contributed by atoms with Gasteiger partial charge in [-0.25, -0.2) is 0 Å². The summed E-state index contributed by atoms with van der Waals surface area (Å²) in [6, 6.07) is 0. The van der Waals surface area contributed by atoms with E-state index in [-0.39, 0.29) is 0 Å². The summed E-state index contributed by atoms with van der Waals surface area (Å²) in [7, 11) is 0. The smallest absolute Gasteiger partial charge is 0.0594 e. The van der Waals surface area contributed by atoms with Gasteiger partial charge in [0.1, 0.15) is 0 Å². The zero-order valence-electron chi connectivity index (χ0n) is 10.2. The summed E-state index contributed by atoms with van der Waals surface area (Å²) in [6.07, 6.45) is 7.70. The van der Waals surface area contributed by atoms with E-state index in [2.05, 4.69) is 16.3 Å².